The average Bonchev–Trinajstić information content (AvgIpc) is 3.22. The van der Waals surface area contributed by atoms with Crippen LogP contribution in [0.5, 0.6) is 0 Å². The molecule has 1 saturated carbocycles. The number of aliphatic hydroxyl groups excluding tert-OH is 1. The van der Waals surface area contributed by atoms with Gasteiger partial charge in [0, 0.05) is 5.41 Å². The van der Waals surface area contributed by atoms with Crippen molar-refractivity contribution in [3.63, 3.8) is 0 Å². The Morgan fingerprint density at radius 3 is 2.56 bits per heavy atom. The van der Waals surface area contributed by atoms with Crippen LogP contribution in [0, 0.1) is 5.92 Å². The third kappa shape index (κ3) is 2.45. The highest BCUT2D eigenvalue weighted by Gasteiger charge is 2.43. The summed E-state index contributed by atoms with van der Waals surface area (Å²) in [5.41, 5.74) is 2.89. The molecule has 0 bridgehead atoms. The minimum atomic E-state index is 0.116. The van der Waals surface area contributed by atoms with Gasteiger partial charge in [0.2, 0.25) is 0 Å². The molecule has 3 rings (SSSR count). The second-order valence-corrected chi connectivity index (χ2v) is 6.05. The van der Waals surface area contributed by atoms with Crippen molar-refractivity contribution >= 4 is 0 Å². The number of hydrogen-bond acceptors (Lipinski definition) is 2. The van der Waals surface area contributed by atoms with Crippen LogP contribution in [-0.4, -0.2) is 24.8 Å². The van der Waals surface area contributed by atoms with Crippen molar-refractivity contribution in [2.24, 2.45) is 5.92 Å². The molecule has 1 heterocycles. The van der Waals surface area contributed by atoms with Crippen LogP contribution in [0.1, 0.15) is 36.8 Å². The van der Waals surface area contributed by atoms with Crippen LogP contribution in [0.2, 0.25) is 0 Å². The molecule has 0 amide bonds. The highest BCUT2D eigenvalue weighted by Crippen LogP contribution is 2.47. The summed E-state index contributed by atoms with van der Waals surface area (Å²) in [6.45, 7) is 2.66. The quantitative estimate of drug-likeness (QED) is 0.853. The topological polar surface area (TPSA) is 32.3 Å². The number of piperidine rings is 1. The molecular formula is C16H23NO. The summed E-state index contributed by atoms with van der Waals surface area (Å²) >= 11 is 0. The summed E-state index contributed by atoms with van der Waals surface area (Å²) in [6, 6.07) is 8.99. The zero-order chi connectivity index (χ0) is 12.4. The summed E-state index contributed by atoms with van der Waals surface area (Å²) in [4.78, 5) is 0. The molecule has 2 N–H and O–H groups in total. The van der Waals surface area contributed by atoms with Gasteiger partial charge >= 0.3 is 0 Å². The molecule has 0 aromatic heterocycles. The number of hydrogen-bond donors (Lipinski definition) is 2. The van der Waals surface area contributed by atoms with Crippen molar-refractivity contribution in [3.05, 3.63) is 35.4 Å². The van der Waals surface area contributed by atoms with Crippen LogP contribution in [0.25, 0.3) is 0 Å². The first kappa shape index (κ1) is 12.2. The molecular weight excluding hydrogens is 222 g/mol. The van der Waals surface area contributed by atoms with Gasteiger partial charge in [-0.3, -0.25) is 0 Å². The van der Waals surface area contributed by atoms with Gasteiger partial charge in [0.05, 0.1) is 6.61 Å². The van der Waals surface area contributed by atoms with Crippen molar-refractivity contribution in [3.8, 4) is 0 Å². The van der Waals surface area contributed by atoms with Crippen molar-refractivity contribution in [2.75, 3.05) is 19.7 Å². The van der Waals surface area contributed by atoms with Gasteiger partial charge in [-0.15, -0.1) is 0 Å². The normalized spacial score (nSPS) is 25.9. The molecule has 1 aromatic rings. The molecule has 98 valence electrons. The molecule has 1 atom stereocenters. The molecule has 1 aromatic carbocycles. The van der Waals surface area contributed by atoms with Gasteiger partial charge in [0.25, 0.3) is 0 Å². The lowest BCUT2D eigenvalue weighted by molar-refractivity contribution is 0.255. The van der Waals surface area contributed by atoms with E-state index in [0.717, 1.165) is 18.8 Å². The van der Waals surface area contributed by atoms with Crippen molar-refractivity contribution in [1.82, 2.24) is 5.32 Å². The van der Waals surface area contributed by atoms with Crippen LogP contribution in [0.15, 0.2) is 24.3 Å². The Kier molecular flexibility index (Phi) is 3.40. The second-order valence-electron chi connectivity index (χ2n) is 6.05. The minimum Gasteiger partial charge on any atom is -0.395 e. The molecule has 0 radical (unpaired) electrons. The molecule has 18 heavy (non-hydrogen) atoms. The maximum absolute atomic E-state index is 9.43. The number of aliphatic hydroxyl groups is 1. The van der Waals surface area contributed by atoms with E-state index in [4.69, 9.17) is 0 Å². The predicted molar refractivity (Wildman–Crippen MR) is 73.7 cm³/mol. The first-order valence-corrected chi connectivity index (χ1v) is 7.23. The Labute approximate surface area is 109 Å². The summed E-state index contributed by atoms with van der Waals surface area (Å²) in [5.74, 6) is 0.803. The summed E-state index contributed by atoms with van der Waals surface area (Å²) in [5, 5.41) is 12.9. The summed E-state index contributed by atoms with van der Waals surface area (Å²) in [7, 11) is 0. The van der Waals surface area contributed by atoms with E-state index in [9.17, 15) is 5.11 Å². The fraction of sp³-hybridized carbons (Fsp3) is 0.625. The molecule has 2 aliphatic rings. The third-order valence-electron chi connectivity index (χ3n) is 4.65. The zero-order valence-electron chi connectivity index (χ0n) is 11.0. The monoisotopic (exact) mass is 245 g/mol. The van der Waals surface area contributed by atoms with Gasteiger partial charge < -0.3 is 10.4 Å². The third-order valence-corrected chi connectivity index (χ3v) is 4.65. The van der Waals surface area contributed by atoms with Crippen LogP contribution < -0.4 is 5.32 Å². The fourth-order valence-electron chi connectivity index (χ4n) is 3.11. The lowest BCUT2D eigenvalue weighted by atomic mass is 9.90. The fourth-order valence-corrected chi connectivity index (χ4v) is 3.11. The van der Waals surface area contributed by atoms with Gasteiger partial charge in [-0.1, -0.05) is 24.3 Å². The largest absolute Gasteiger partial charge is 0.395 e. The van der Waals surface area contributed by atoms with Crippen LogP contribution >= 0.6 is 0 Å². The first-order valence-electron chi connectivity index (χ1n) is 7.23. The molecule has 2 heteroatoms. The van der Waals surface area contributed by atoms with Crippen molar-refractivity contribution < 1.29 is 5.11 Å². The Bertz CT molecular complexity index is 388. The van der Waals surface area contributed by atoms with Crippen LogP contribution in [-0.2, 0) is 11.8 Å². The lowest BCUT2D eigenvalue weighted by Crippen LogP contribution is -2.30. The van der Waals surface area contributed by atoms with E-state index < -0.39 is 0 Å². The smallest absolute Gasteiger partial charge is 0.0527 e. The predicted octanol–water partition coefficient (Wildman–Crippen LogP) is 2.25. The van der Waals surface area contributed by atoms with Gasteiger partial charge in [-0.25, -0.2) is 0 Å². The minimum absolute atomic E-state index is 0.116. The average molecular weight is 245 g/mol. The molecule has 1 unspecified atom stereocenters. The second kappa shape index (κ2) is 5.02. The van der Waals surface area contributed by atoms with Gasteiger partial charge in [0.1, 0.15) is 0 Å². The lowest BCUT2D eigenvalue weighted by Gasteiger charge is -2.23. The SMILES string of the molecule is OCC1(c2ccc(CC3CCCNC3)cc2)CC1. The highest BCUT2D eigenvalue weighted by molar-refractivity contribution is 5.34. The van der Waals surface area contributed by atoms with Crippen LogP contribution in [0.3, 0.4) is 0 Å². The van der Waals surface area contributed by atoms with Gasteiger partial charge in [-0.05, 0) is 62.2 Å². The number of rotatable bonds is 4. The van der Waals surface area contributed by atoms with Gasteiger partial charge in [-0.2, -0.15) is 0 Å². The number of nitrogens with one attached hydrogen (secondary N) is 1. The molecule has 1 saturated heterocycles. The Morgan fingerprint density at radius 1 is 1.22 bits per heavy atom. The zero-order valence-corrected chi connectivity index (χ0v) is 11.0. The van der Waals surface area contributed by atoms with Gasteiger partial charge in [0.15, 0.2) is 0 Å². The molecule has 0 spiro atoms. The summed E-state index contributed by atoms with van der Waals surface area (Å²) in [6.07, 6.45) is 6.16. The highest BCUT2D eigenvalue weighted by atomic mass is 16.3. The van der Waals surface area contributed by atoms with E-state index in [0.29, 0.717) is 6.61 Å². The van der Waals surface area contributed by atoms with Crippen molar-refractivity contribution in [2.45, 2.75) is 37.5 Å². The Morgan fingerprint density at radius 2 is 2.00 bits per heavy atom. The standard InChI is InChI=1S/C16H23NO/c18-12-16(7-8-16)15-5-3-13(4-6-15)10-14-2-1-9-17-11-14/h3-6,14,17-18H,1-2,7-12H2. The van der Waals surface area contributed by atoms with Crippen molar-refractivity contribution in [1.29, 1.82) is 0 Å². The van der Waals surface area contributed by atoms with E-state index in [1.165, 1.54) is 43.5 Å². The van der Waals surface area contributed by atoms with E-state index in [1.54, 1.807) is 0 Å². The molecule has 2 fully saturated rings. The number of benzene rings is 1. The van der Waals surface area contributed by atoms with E-state index in [-0.39, 0.29) is 5.41 Å². The molecule has 1 aliphatic carbocycles. The van der Waals surface area contributed by atoms with Crippen LogP contribution in [0.4, 0.5) is 0 Å². The van der Waals surface area contributed by atoms with E-state index >= 15 is 0 Å². The molecule has 2 nitrogen and oxygen atoms in total. The molecule has 1 aliphatic heterocycles. The Balaban J connectivity index is 1.64. The summed E-state index contributed by atoms with van der Waals surface area (Å²) < 4.78 is 0. The Hall–Kier alpha value is -0.860. The van der Waals surface area contributed by atoms with E-state index in [2.05, 4.69) is 29.6 Å². The van der Waals surface area contributed by atoms with E-state index in [1.807, 2.05) is 0 Å². The maximum Gasteiger partial charge on any atom is 0.0527 e. The maximum atomic E-state index is 9.43. The first-order chi connectivity index (χ1) is 8.82.